The summed E-state index contributed by atoms with van der Waals surface area (Å²) in [6.07, 6.45) is -4.91. The molecule has 0 aromatic heterocycles. The lowest BCUT2D eigenvalue weighted by Crippen LogP contribution is -2.17. The Morgan fingerprint density at radius 3 is 2.53 bits per heavy atom. The van der Waals surface area contributed by atoms with E-state index in [1.54, 1.807) is 6.07 Å². The van der Waals surface area contributed by atoms with Crippen LogP contribution < -0.4 is 5.32 Å². The van der Waals surface area contributed by atoms with Crippen LogP contribution in [0.1, 0.15) is 18.4 Å². The number of nitrogens with one attached hydrogen (secondary N) is 1. The number of alkyl halides is 3. The van der Waals surface area contributed by atoms with Crippen LogP contribution in [0, 0.1) is 5.82 Å². The summed E-state index contributed by atoms with van der Waals surface area (Å²) in [7, 11) is 0. The molecule has 0 atom stereocenters. The van der Waals surface area contributed by atoms with Crippen molar-refractivity contribution >= 4 is 11.6 Å². The topological polar surface area (TPSA) is 12.0 Å². The van der Waals surface area contributed by atoms with Crippen molar-refractivity contribution in [2.24, 2.45) is 0 Å². The highest BCUT2D eigenvalue weighted by atomic mass is 35.5. The molecule has 17 heavy (non-hydrogen) atoms. The molecule has 0 saturated carbocycles. The van der Waals surface area contributed by atoms with Gasteiger partial charge in [-0.2, -0.15) is 13.2 Å². The third-order valence-electron chi connectivity index (χ3n) is 2.13. The van der Waals surface area contributed by atoms with Gasteiger partial charge in [0.05, 0.1) is 5.02 Å². The van der Waals surface area contributed by atoms with Crippen molar-refractivity contribution in [1.82, 2.24) is 5.32 Å². The van der Waals surface area contributed by atoms with Gasteiger partial charge in [-0.3, -0.25) is 0 Å². The van der Waals surface area contributed by atoms with E-state index in [1.165, 1.54) is 12.1 Å². The molecule has 0 fully saturated rings. The second-order valence-corrected chi connectivity index (χ2v) is 4.05. The summed E-state index contributed by atoms with van der Waals surface area (Å²) in [5.41, 5.74) is 0.652. The molecular weight excluding hydrogens is 258 g/mol. The second-order valence-electron chi connectivity index (χ2n) is 3.64. The summed E-state index contributed by atoms with van der Waals surface area (Å²) in [4.78, 5) is 0. The van der Waals surface area contributed by atoms with E-state index in [2.05, 4.69) is 5.32 Å². The molecule has 0 saturated heterocycles. The fourth-order valence-corrected chi connectivity index (χ4v) is 1.41. The SMILES string of the molecule is Fc1cc(CNCCCC(F)(F)F)ccc1Cl. The smallest absolute Gasteiger partial charge is 0.313 e. The molecule has 0 aliphatic rings. The third kappa shape index (κ3) is 5.89. The average molecular weight is 270 g/mol. The minimum atomic E-state index is -4.12. The fourth-order valence-electron chi connectivity index (χ4n) is 1.30. The first-order valence-corrected chi connectivity index (χ1v) is 5.48. The molecule has 1 N–H and O–H groups in total. The fraction of sp³-hybridized carbons (Fsp3) is 0.455. The van der Waals surface area contributed by atoms with Crippen LogP contribution in [-0.4, -0.2) is 12.7 Å². The van der Waals surface area contributed by atoms with Crippen LogP contribution in [0.25, 0.3) is 0 Å². The van der Waals surface area contributed by atoms with Gasteiger partial charge in [-0.1, -0.05) is 17.7 Å². The standard InChI is InChI=1S/C11H12ClF4N/c12-9-3-2-8(6-10(9)13)7-17-5-1-4-11(14,15)16/h2-3,6,17H,1,4-5,7H2. The minimum absolute atomic E-state index is 0.0135. The van der Waals surface area contributed by atoms with Gasteiger partial charge in [-0.05, 0) is 30.7 Å². The van der Waals surface area contributed by atoms with E-state index in [0.717, 1.165) is 0 Å². The second kappa shape index (κ2) is 6.21. The van der Waals surface area contributed by atoms with Crippen molar-refractivity contribution < 1.29 is 17.6 Å². The van der Waals surface area contributed by atoms with Gasteiger partial charge in [0, 0.05) is 13.0 Å². The maximum absolute atomic E-state index is 13.0. The number of rotatable bonds is 5. The van der Waals surface area contributed by atoms with Crippen LogP contribution >= 0.6 is 11.6 Å². The zero-order valence-corrected chi connectivity index (χ0v) is 9.71. The Morgan fingerprint density at radius 2 is 1.94 bits per heavy atom. The van der Waals surface area contributed by atoms with E-state index in [4.69, 9.17) is 11.6 Å². The molecular formula is C11H12ClF4N. The van der Waals surface area contributed by atoms with Gasteiger partial charge in [0.25, 0.3) is 0 Å². The number of benzene rings is 1. The third-order valence-corrected chi connectivity index (χ3v) is 2.43. The monoisotopic (exact) mass is 269 g/mol. The molecule has 1 aromatic rings. The van der Waals surface area contributed by atoms with Gasteiger partial charge in [0.15, 0.2) is 0 Å². The maximum atomic E-state index is 13.0. The predicted octanol–water partition coefficient (Wildman–Crippen LogP) is 3.91. The lowest BCUT2D eigenvalue weighted by Gasteiger charge is -2.07. The Balaban J connectivity index is 2.25. The molecule has 0 bridgehead atoms. The summed E-state index contributed by atoms with van der Waals surface area (Å²) < 4.78 is 48.4. The number of hydrogen-bond acceptors (Lipinski definition) is 1. The van der Waals surface area contributed by atoms with Crippen LogP contribution in [0.4, 0.5) is 17.6 Å². The Hall–Kier alpha value is -0.810. The van der Waals surface area contributed by atoms with Crippen molar-refractivity contribution in [2.75, 3.05) is 6.54 Å². The summed E-state index contributed by atoms with van der Waals surface area (Å²) in [6, 6.07) is 4.31. The van der Waals surface area contributed by atoms with Gasteiger partial charge < -0.3 is 5.32 Å². The molecule has 0 unspecified atom stereocenters. The van der Waals surface area contributed by atoms with E-state index >= 15 is 0 Å². The van der Waals surface area contributed by atoms with Gasteiger partial charge in [0.2, 0.25) is 0 Å². The first-order chi connectivity index (χ1) is 7.88. The molecule has 96 valence electrons. The Morgan fingerprint density at radius 1 is 1.24 bits per heavy atom. The van der Waals surface area contributed by atoms with Crippen LogP contribution in [0.15, 0.2) is 18.2 Å². The van der Waals surface area contributed by atoms with Crippen LogP contribution in [0.2, 0.25) is 5.02 Å². The summed E-state index contributed by atoms with van der Waals surface area (Å²) in [5, 5.41) is 2.84. The zero-order valence-electron chi connectivity index (χ0n) is 8.95. The molecule has 0 spiro atoms. The zero-order chi connectivity index (χ0) is 12.9. The lowest BCUT2D eigenvalue weighted by atomic mass is 10.2. The minimum Gasteiger partial charge on any atom is -0.313 e. The quantitative estimate of drug-likeness (QED) is 0.631. The van der Waals surface area contributed by atoms with E-state index in [1.807, 2.05) is 0 Å². The number of hydrogen-bond donors (Lipinski definition) is 1. The van der Waals surface area contributed by atoms with E-state index in [-0.39, 0.29) is 18.0 Å². The van der Waals surface area contributed by atoms with E-state index in [9.17, 15) is 17.6 Å². The van der Waals surface area contributed by atoms with Crippen molar-refractivity contribution in [3.8, 4) is 0 Å². The summed E-state index contributed by atoms with van der Waals surface area (Å²) >= 11 is 5.49. The highest BCUT2D eigenvalue weighted by Crippen LogP contribution is 2.20. The normalized spacial score (nSPS) is 11.8. The summed E-state index contributed by atoms with van der Waals surface area (Å²) in [6.45, 7) is 0.565. The van der Waals surface area contributed by atoms with Crippen LogP contribution in [-0.2, 0) is 6.54 Å². The highest BCUT2D eigenvalue weighted by molar-refractivity contribution is 6.30. The van der Waals surface area contributed by atoms with Crippen molar-refractivity contribution in [3.63, 3.8) is 0 Å². The van der Waals surface area contributed by atoms with Crippen molar-refractivity contribution in [1.29, 1.82) is 0 Å². The molecule has 1 aromatic carbocycles. The summed E-state index contributed by atoms with van der Waals surface area (Å²) in [5.74, 6) is -0.527. The van der Waals surface area contributed by atoms with E-state index < -0.39 is 18.4 Å². The molecule has 0 heterocycles. The van der Waals surface area contributed by atoms with Crippen molar-refractivity contribution in [2.45, 2.75) is 25.6 Å². The Bertz CT molecular complexity index is 365. The van der Waals surface area contributed by atoms with E-state index in [0.29, 0.717) is 12.1 Å². The Labute approximate surface area is 102 Å². The molecule has 1 rings (SSSR count). The molecule has 0 aliphatic heterocycles. The largest absolute Gasteiger partial charge is 0.389 e. The molecule has 0 amide bonds. The van der Waals surface area contributed by atoms with Crippen molar-refractivity contribution in [3.05, 3.63) is 34.6 Å². The first kappa shape index (κ1) is 14.3. The van der Waals surface area contributed by atoms with Gasteiger partial charge in [-0.25, -0.2) is 4.39 Å². The highest BCUT2D eigenvalue weighted by Gasteiger charge is 2.25. The average Bonchev–Trinajstić information content (AvgIpc) is 2.21. The first-order valence-electron chi connectivity index (χ1n) is 5.10. The number of halogens is 5. The Kier molecular flexibility index (Phi) is 5.21. The van der Waals surface area contributed by atoms with Gasteiger partial charge >= 0.3 is 6.18 Å². The molecule has 1 nitrogen and oxygen atoms in total. The maximum Gasteiger partial charge on any atom is 0.389 e. The van der Waals surface area contributed by atoms with Gasteiger partial charge in [-0.15, -0.1) is 0 Å². The lowest BCUT2D eigenvalue weighted by molar-refractivity contribution is -0.135. The van der Waals surface area contributed by atoms with Crippen LogP contribution in [0.5, 0.6) is 0 Å². The molecule has 6 heteroatoms. The van der Waals surface area contributed by atoms with Gasteiger partial charge in [0.1, 0.15) is 5.82 Å². The molecule has 0 aliphatic carbocycles. The van der Waals surface area contributed by atoms with Crippen LogP contribution in [0.3, 0.4) is 0 Å². The predicted molar refractivity (Wildman–Crippen MR) is 58.4 cm³/mol. The molecule has 0 radical (unpaired) electrons.